The van der Waals surface area contributed by atoms with Crippen LogP contribution >= 0.6 is 0 Å². The molecule has 9 nitrogen and oxygen atoms in total. The number of methoxy groups -OCH3 is 1. The minimum atomic E-state index is -1.13. The van der Waals surface area contributed by atoms with E-state index in [-0.39, 0.29) is 27.9 Å². The third-order valence-corrected chi connectivity index (χ3v) is 5.96. The first-order valence-corrected chi connectivity index (χ1v) is 10.4. The third kappa shape index (κ3) is 3.37. The van der Waals surface area contributed by atoms with Gasteiger partial charge in [-0.1, -0.05) is 24.3 Å². The molecule has 2 amide bonds. The standard InChI is InChI=1S/C26H16N2O7/c1-35-17-11-9-16(10-12-17)27-24(29)19-4-2-3-18-22(14-5-7-15(8-6-14)26(31)32)21(28(33)34)13-20(23(18)19)25(27)30/h2-13H,1H3,(H,31,32). The van der Waals surface area contributed by atoms with E-state index in [0.717, 1.165) is 4.90 Å². The van der Waals surface area contributed by atoms with Gasteiger partial charge in [0.05, 0.1) is 34.4 Å². The van der Waals surface area contributed by atoms with E-state index < -0.39 is 22.7 Å². The molecular weight excluding hydrogens is 452 g/mol. The Morgan fingerprint density at radius 1 is 0.943 bits per heavy atom. The van der Waals surface area contributed by atoms with E-state index in [2.05, 4.69) is 0 Å². The van der Waals surface area contributed by atoms with Gasteiger partial charge in [-0.3, -0.25) is 19.7 Å². The number of carbonyl (C=O) groups excluding carboxylic acids is 2. The van der Waals surface area contributed by atoms with Gasteiger partial charge in [0.1, 0.15) is 5.75 Å². The molecule has 0 saturated heterocycles. The first-order valence-electron chi connectivity index (χ1n) is 10.4. The number of nitrogens with zero attached hydrogens (tertiary/aromatic N) is 2. The first kappa shape index (κ1) is 21.8. The highest BCUT2D eigenvalue weighted by Gasteiger charge is 2.37. The molecule has 1 heterocycles. The number of rotatable bonds is 5. The van der Waals surface area contributed by atoms with Crippen LogP contribution in [0.25, 0.3) is 21.9 Å². The van der Waals surface area contributed by atoms with Crippen LogP contribution in [0.2, 0.25) is 0 Å². The van der Waals surface area contributed by atoms with E-state index in [1.165, 1.54) is 37.4 Å². The zero-order chi connectivity index (χ0) is 24.9. The fraction of sp³-hybridized carbons (Fsp3) is 0.0385. The lowest BCUT2D eigenvalue weighted by Gasteiger charge is -2.28. The van der Waals surface area contributed by atoms with Crippen molar-refractivity contribution in [1.82, 2.24) is 0 Å². The molecule has 0 saturated carbocycles. The molecule has 1 N–H and O–H groups in total. The number of carboxylic acid groups (broad SMARTS) is 1. The van der Waals surface area contributed by atoms with Gasteiger partial charge in [0.2, 0.25) is 0 Å². The second-order valence-corrected chi connectivity index (χ2v) is 7.83. The van der Waals surface area contributed by atoms with E-state index in [0.29, 0.717) is 27.8 Å². The summed E-state index contributed by atoms with van der Waals surface area (Å²) in [6.45, 7) is 0. The number of hydrogen-bond acceptors (Lipinski definition) is 6. The Hall–Kier alpha value is -5.05. The molecule has 0 aliphatic carbocycles. The number of nitro benzene ring substituents is 1. The highest BCUT2D eigenvalue weighted by Crippen LogP contribution is 2.43. The van der Waals surface area contributed by atoms with Crippen LogP contribution in [0.4, 0.5) is 11.4 Å². The number of carboxylic acids is 1. The SMILES string of the molecule is COc1ccc(N2C(=O)c3cccc4c(-c5ccc(C(=O)O)cc5)c([N+](=O)[O-])cc(c34)C2=O)cc1. The molecular formula is C26H16N2O7. The summed E-state index contributed by atoms with van der Waals surface area (Å²) in [5.74, 6) is -1.82. The van der Waals surface area contributed by atoms with Crippen LogP contribution in [0, 0.1) is 10.1 Å². The van der Waals surface area contributed by atoms with Crippen LogP contribution in [0.15, 0.2) is 72.8 Å². The van der Waals surface area contributed by atoms with Crippen molar-refractivity contribution in [2.45, 2.75) is 0 Å². The summed E-state index contributed by atoms with van der Waals surface area (Å²) in [4.78, 5) is 50.6. The highest BCUT2D eigenvalue weighted by atomic mass is 16.6. The molecule has 4 aromatic carbocycles. The second-order valence-electron chi connectivity index (χ2n) is 7.83. The Labute approximate surface area is 197 Å². The van der Waals surface area contributed by atoms with Gasteiger partial charge in [-0.15, -0.1) is 0 Å². The lowest BCUT2D eigenvalue weighted by Crippen LogP contribution is -2.40. The Morgan fingerprint density at radius 2 is 1.60 bits per heavy atom. The highest BCUT2D eigenvalue weighted by molar-refractivity contribution is 6.37. The molecule has 1 aliphatic heterocycles. The Bertz CT molecular complexity index is 1560. The number of ether oxygens (including phenoxy) is 1. The van der Waals surface area contributed by atoms with Gasteiger partial charge in [-0.05, 0) is 53.4 Å². The second kappa shape index (κ2) is 8.07. The normalized spacial score (nSPS) is 12.7. The summed E-state index contributed by atoms with van der Waals surface area (Å²) in [5.41, 5.74) is 0.855. The molecule has 4 aromatic rings. The molecule has 35 heavy (non-hydrogen) atoms. The molecule has 5 rings (SSSR count). The topological polar surface area (TPSA) is 127 Å². The lowest BCUT2D eigenvalue weighted by atomic mass is 9.87. The van der Waals surface area contributed by atoms with Crippen LogP contribution in [0.3, 0.4) is 0 Å². The number of hydrogen-bond donors (Lipinski definition) is 1. The molecule has 172 valence electrons. The van der Waals surface area contributed by atoms with Crippen LogP contribution in [0.1, 0.15) is 31.1 Å². The average molecular weight is 468 g/mol. The van der Waals surface area contributed by atoms with Gasteiger partial charge in [-0.25, -0.2) is 9.69 Å². The Morgan fingerprint density at radius 3 is 2.20 bits per heavy atom. The van der Waals surface area contributed by atoms with Crippen LogP contribution in [0.5, 0.6) is 5.75 Å². The molecule has 0 unspecified atom stereocenters. The average Bonchev–Trinajstić information content (AvgIpc) is 2.87. The fourth-order valence-corrected chi connectivity index (χ4v) is 4.34. The minimum Gasteiger partial charge on any atom is -0.497 e. The first-order chi connectivity index (χ1) is 16.8. The summed E-state index contributed by atoms with van der Waals surface area (Å²) in [5, 5.41) is 21.9. The van der Waals surface area contributed by atoms with E-state index in [1.807, 2.05) is 0 Å². The number of anilines is 1. The van der Waals surface area contributed by atoms with Crippen LogP contribution < -0.4 is 9.64 Å². The number of nitro groups is 1. The lowest BCUT2D eigenvalue weighted by molar-refractivity contribution is -0.384. The Kier molecular flexibility index (Phi) is 5.02. The maximum Gasteiger partial charge on any atom is 0.335 e. The van der Waals surface area contributed by atoms with Gasteiger partial charge in [0, 0.05) is 17.0 Å². The van der Waals surface area contributed by atoms with Crippen molar-refractivity contribution < 1.29 is 29.2 Å². The zero-order valence-corrected chi connectivity index (χ0v) is 18.2. The van der Waals surface area contributed by atoms with Crippen LogP contribution in [-0.4, -0.2) is 34.9 Å². The van der Waals surface area contributed by atoms with Crippen molar-refractivity contribution in [3.8, 4) is 16.9 Å². The summed E-state index contributed by atoms with van der Waals surface area (Å²) in [7, 11) is 1.50. The predicted octanol–water partition coefficient (Wildman–Crippen LogP) is 4.92. The number of benzene rings is 4. The van der Waals surface area contributed by atoms with Gasteiger partial charge in [-0.2, -0.15) is 0 Å². The fourth-order valence-electron chi connectivity index (χ4n) is 4.34. The molecule has 0 bridgehead atoms. The van der Waals surface area contributed by atoms with Crippen molar-refractivity contribution in [2.24, 2.45) is 0 Å². The molecule has 0 radical (unpaired) electrons. The molecule has 0 aromatic heterocycles. The molecule has 9 heteroatoms. The predicted molar refractivity (Wildman–Crippen MR) is 127 cm³/mol. The van der Waals surface area contributed by atoms with Crippen molar-refractivity contribution in [3.63, 3.8) is 0 Å². The monoisotopic (exact) mass is 468 g/mol. The molecule has 1 aliphatic rings. The number of amides is 2. The van der Waals surface area contributed by atoms with Gasteiger partial charge in [0.15, 0.2) is 0 Å². The van der Waals surface area contributed by atoms with Crippen molar-refractivity contribution in [3.05, 3.63) is 99.6 Å². The van der Waals surface area contributed by atoms with E-state index in [4.69, 9.17) is 4.74 Å². The maximum atomic E-state index is 13.5. The van der Waals surface area contributed by atoms with Crippen LogP contribution in [-0.2, 0) is 0 Å². The quantitative estimate of drug-likeness (QED) is 0.250. The molecule has 0 atom stereocenters. The number of carbonyl (C=O) groups is 3. The summed E-state index contributed by atoms with van der Waals surface area (Å²) < 4.78 is 5.13. The Balaban J connectivity index is 1.76. The zero-order valence-electron chi connectivity index (χ0n) is 18.2. The van der Waals surface area contributed by atoms with Crippen molar-refractivity contribution >= 4 is 39.9 Å². The summed E-state index contributed by atoms with van der Waals surface area (Å²) in [6.07, 6.45) is 0. The molecule has 0 spiro atoms. The largest absolute Gasteiger partial charge is 0.497 e. The van der Waals surface area contributed by atoms with Gasteiger partial charge >= 0.3 is 5.97 Å². The smallest absolute Gasteiger partial charge is 0.335 e. The third-order valence-electron chi connectivity index (χ3n) is 5.96. The number of aromatic carboxylic acids is 1. The van der Waals surface area contributed by atoms with E-state index in [9.17, 15) is 29.6 Å². The van der Waals surface area contributed by atoms with Gasteiger partial charge < -0.3 is 9.84 Å². The maximum absolute atomic E-state index is 13.5. The summed E-state index contributed by atoms with van der Waals surface area (Å²) >= 11 is 0. The van der Waals surface area contributed by atoms with Gasteiger partial charge in [0.25, 0.3) is 17.5 Å². The minimum absolute atomic E-state index is 0.0274. The number of imide groups is 1. The van der Waals surface area contributed by atoms with Crippen molar-refractivity contribution in [1.29, 1.82) is 0 Å². The van der Waals surface area contributed by atoms with E-state index >= 15 is 0 Å². The molecule has 0 fully saturated rings. The summed E-state index contributed by atoms with van der Waals surface area (Å²) in [6, 6.07) is 17.9. The van der Waals surface area contributed by atoms with E-state index in [1.54, 1.807) is 42.5 Å². The van der Waals surface area contributed by atoms with Crippen molar-refractivity contribution in [2.75, 3.05) is 12.0 Å².